The van der Waals surface area contributed by atoms with Crippen molar-refractivity contribution in [3.05, 3.63) is 60.1 Å². The van der Waals surface area contributed by atoms with Gasteiger partial charge < -0.3 is 9.32 Å². The van der Waals surface area contributed by atoms with Crippen molar-refractivity contribution in [2.45, 2.75) is 33.2 Å². The molecule has 2 rings (SSSR count). The van der Waals surface area contributed by atoms with Crippen molar-refractivity contribution in [1.29, 1.82) is 0 Å². The first-order chi connectivity index (χ1) is 10.1. The van der Waals surface area contributed by atoms with Crippen LogP contribution in [0.15, 0.2) is 53.1 Å². The van der Waals surface area contributed by atoms with Crippen LogP contribution in [-0.2, 0) is 17.8 Å². The standard InChI is InChI=1S/C18H23NO2/c1-15(2)13-18(20)19(14-17-9-6-12-21-17)11-10-16-7-4-3-5-8-16/h3-9,12,15H,10-11,13-14H2,1-2H3. The molecule has 0 saturated carbocycles. The fraction of sp³-hybridized carbons (Fsp3) is 0.389. The zero-order valence-corrected chi connectivity index (χ0v) is 12.8. The van der Waals surface area contributed by atoms with Gasteiger partial charge in [0.2, 0.25) is 5.91 Å². The van der Waals surface area contributed by atoms with Gasteiger partial charge in [-0.1, -0.05) is 44.2 Å². The zero-order chi connectivity index (χ0) is 15.1. The third-order valence-corrected chi connectivity index (χ3v) is 3.38. The van der Waals surface area contributed by atoms with Gasteiger partial charge in [-0.3, -0.25) is 4.79 Å². The second-order valence-electron chi connectivity index (χ2n) is 5.73. The molecule has 0 unspecified atom stereocenters. The van der Waals surface area contributed by atoms with E-state index in [-0.39, 0.29) is 5.91 Å². The van der Waals surface area contributed by atoms with E-state index >= 15 is 0 Å². The Labute approximate surface area is 126 Å². The van der Waals surface area contributed by atoms with Crippen LogP contribution >= 0.6 is 0 Å². The van der Waals surface area contributed by atoms with Crippen LogP contribution < -0.4 is 0 Å². The molecule has 1 aromatic carbocycles. The second kappa shape index (κ2) is 7.67. The Morgan fingerprint density at radius 1 is 1.14 bits per heavy atom. The van der Waals surface area contributed by atoms with E-state index < -0.39 is 0 Å². The summed E-state index contributed by atoms with van der Waals surface area (Å²) in [5, 5.41) is 0. The lowest BCUT2D eigenvalue weighted by Gasteiger charge is -2.22. The van der Waals surface area contributed by atoms with E-state index in [0.29, 0.717) is 18.9 Å². The highest BCUT2D eigenvalue weighted by atomic mass is 16.3. The number of hydrogen-bond acceptors (Lipinski definition) is 2. The first-order valence-corrected chi connectivity index (χ1v) is 7.49. The first-order valence-electron chi connectivity index (χ1n) is 7.49. The summed E-state index contributed by atoms with van der Waals surface area (Å²) in [6.45, 7) is 5.40. The predicted octanol–water partition coefficient (Wildman–Crippen LogP) is 3.90. The van der Waals surface area contributed by atoms with Crippen molar-refractivity contribution < 1.29 is 9.21 Å². The van der Waals surface area contributed by atoms with E-state index in [0.717, 1.165) is 18.7 Å². The van der Waals surface area contributed by atoms with E-state index in [2.05, 4.69) is 26.0 Å². The summed E-state index contributed by atoms with van der Waals surface area (Å²) in [6, 6.07) is 14.0. The predicted molar refractivity (Wildman–Crippen MR) is 83.7 cm³/mol. The Bertz CT molecular complexity index is 532. The summed E-state index contributed by atoms with van der Waals surface area (Å²) in [4.78, 5) is 14.3. The molecule has 0 aliphatic carbocycles. The Morgan fingerprint density at radius 2 is 1.90 bits per heavy atom. The summed E-state index contributed by atoms with van der Waals surface area (Å²) in [5.41, 5.74) is 1.25. The number of carbonyl (C=O) groups is 1. The lowest BCUT2D eigenvalue weighted by Crippen LogP contribution is -2.33. The van der Waals surface area contributed by atoms with Crippen LogP contribution in [0.4, 0.5) is 0 Å². The molecule has 0 fully saturated rings. The molecule has 0 spiro atoms. The van der Waals surface area contributed by atoms with E-state index in [4.69, 9.17) is 4.42 Å². The molecule has 1 heterocycles. The first kappa shape index (κ1) is 15.4. The van der Waals surface area contributed by atoms with Gasteiger partial charge in [-0.2, -0.15) is 0 Å². The molecule has 1 amide bonds. The highest BCUT2D eigenvalue weighted by Crippen LogP contribution is 2.11. The topological polar surface area (TPSA) is 33.5 Å². The molecular weight excluding hydrogens is 262 g/mol. The number of hydrogen-bond donors (Lipinski definition) is 0. The van der Waals surface area contributed by atoms with Crippen LogP contribution in [0.2, 0.25) is 0 Å². The second-order valence-corrected chi connectivity index (χ2v) is 5.73. The summed E-state index contributed by atoms with van der Waals surface area (Å²) in [5.74, 6) is 1.39. The van der Waals surface area contributed by atoms with Gasteiger partial charge in [0.1, 0.15) is 5.76 Å². The molecule has 0 aliphatic rings. The minimum absolute atomic E-state index is 0.192. The molecule has 3 heteroatoms. The smallest absolute Gasteiger partial charge is 0.223 e. The number of carbonyl (C=O) groups excluding carboxylic acids is 1. The monoisotopic (exact) mass is 285 g/mol. The molecule has 2 aromatic rings. The van der Waals surface area contributed by atoms with Crippen molar-refractivity contribution in [3.8, 4) is 0 Å². The third kappa shape index (κ3) is 5.10. The average Bonchev–Trinajstić information content (AvgIpc) is 2.96. The SMILES string of the molecule is CC(C)CC(=O)N(CCc1ccccc1)Cc1ccco1. The molecule has 0 N–H and O–H groups in total. The van der Waals surface area contributed by atoms with Gasteiger partial charge in [-0.05, 0) is 30.0 Å². The van der Waals surface area contributed by atoms with E-state index in [1.54, 1.807) is 6.26 Å². The Kier molecular flexibility index (Phi) is 5.61. The van der Waals surface area contributed by atoms with Crippen molar-refractivity contribution in [3.63, 3.8) is 0 Å². The lowest BCUT2D eigenvalue weighted by atomic mass is 10.1. The van der Waals surface area contributed by atoms with Gasteiger partial charge in [0.15, 0.2) is 0 Å². The molecule has 0 aliphatic heterocycles. The molecule has 112 valence electrons. The number of rotatable bonds is 7. The summed E-state index contributed by atoms with van der Waals surface area (Å²) in [7, 11) is 0. The van der Waals surface area contributed by atoms with Gasteiger partial charge in [0.05, 0.1) is 12.8 Å². The minimum atomic E-state index is 0.192. The molecule has 0 bridgehead atoms. The summed E-state index contributed by atoms with van der Waals surface area (Å²) < 4.78 is 5.38. The maximum Gasteiger partial charge on any atom is 0.223 e. The maximum atomic E-state index is 12.4. The Hall–Kier alpha value is -2.03. The fourth-order valence-corrected chi connectivity index (χ4v) is 2.27. The van der Waals surface area contributed by atoms with Gasteiger partial charge in [-0.15, -0.1) is 0 Å². The third-order valence-electron chi connectivity index (χ3n) is 3.38. The molecular formula is C18H23NO2. The molecule has 1 aromatic heterocycles. The normalized spacial score (nSPS) is 10.8. The molecule has 21 heavy (non-hydrogen) atoms. The van der Waals surface area contributed by atoms with Crippen molar-refractivity contribution in [1.82, 2.24) is 4.90 Å². The molecule has 0 atom stereocenters. The van der Waals surface area contributed by atoms with Crippen LogP contribution in [0.3, 0.4) is 0 Å². The lowest BCUT2D eigenvalue weighted by molar-refractivity contribution is -0.132. The molecule has 0 radical (unpaired) electrons. The Morgan fingerprint density at radius 3 is 2.52 bits per heavy atom. The number of amides is 1. The van der Waals surface area contributed by atoms with Crippen LogP contribution in [0, 0.1) is 5.92 Å². The van der Waals surface area contributed by atoms with Crippen LogP contribution in [-0.4, -0.2) is 17.4 Å². The zero-order valence-electron chi connectivity index (χ0n) is 12.8. The summed E-state index contributed by atoms with van der Waals surface area (Å²) in [6.07, 6.45) is 3.10. The fourth-order valence-electron chi connectivity index (χ4n) is 2.27. The Balaban J connectivity index is 1.99. The highest BCUT2D eigenvalue weighted by molar-refractivity contribution is 5.76. The van der Waals surface area contributed by atoms with Crippen LogP contribution in [0.5, 0.6) is 0 Å². The molecule has 0 saturated heterocycles. The van der Waals surface area contributed by atoms with Crippen LogP contribution in [0.1, 0.15) is 31.6 Å². The van der Waals surface area contributed by atoms with Crippen molar-refractivity contribution in [2.24, 2.45) is 5.92 Å². The van der Waals surface area contributed by atoms with Gasteiger partial charge >= 0.3 is 0 Å². The highest BCUT2D eigenvalue weighted by Gasteiger charge is 2.16. The van der Waals surface area contributed by atoms with E-state index in [9.17, 15) is 4.79 Å². The molecule has 3 nitrogen and oxygen atoms in total. The van der Waals surface area contributed by atoms with E-state index in [1.807, 2.05) is 35.2 Å². The van der Waals surface area contributed by atoms with E-state index in [1.165, 1.54) is 5.56 Å². The van der Waals surface area contributed by atoms with Gasteiger partial charge in [0.25, 0.3) is 0 Å². The van der Waals surface area contributed by atoms with Crippen LogP contribution in [0.25, 0.3) is 0 Å². The number of furan rings is 1. The van der Waals surface area contributed by atoms with Gasteiger partial charge in [0, 0.05) is 13.0 Å². The van der Waals surface area contributed by atoms with Gasteiger partial charge in [-0.25, -0.2) is 0 Å². The largest absolute Gasteiger partial charge is 0.467 e. The summed E-state index contributed by atoms with van der Waals surface area (Å²) >= 11 is 0. The number of nitrogens with zero attached hydrogens (tertiary/aromatic N) is 1. The quantitative estimate of drug-likeness (QED) is 0.773. The van der Waals surface area contributed by atoms with Crippen molar-refractivity contribution >= 4 is 5.91 Å². The minimum Gasteiger partial charge on any atom is -0.467 e. The average molecular weight is 285 g/mol. The van der Waals surface area contributed by atoms with Crippen molar-refractivity contribution in [2.75, 3.05) is 6.54 Å². The number of benzene rings is 1. The maximum absolute atomic E-state index is 12.4.